The molecule has 5 nitrogen and oxygen atoms in total. The normalized spacial score (nSPS) is 13.5. The van der Waals surface area contributed by atoms with Gasteiger partial charge in [-0.2, -0.15) is 5.26 Å². The second-order valence-electron chi connectivity index (χ2n) is 3.64. The van der Waals surface area contributed by atoms with Gasteiger partial charge in [-0.3, -0.25) is 4.79 Å². The van der Waals surface area contributed by atoms with Crippen LogP contribution in [0.15, 0.2) is 18.2 Å². The van der Waals surface area contributed by atoms with E-state index in [1.807, 2.05) is 0 Å². The number of aliphatic hydroxyl groups is 2. The Morgan fingerprint density at radius 3 is 2.78 bits per heavy atom. The molecular formula is C12H12FNO4. The molecule has 0 radical (unpaired) electrons. The van der Waals surface area contributed by atoms with Crippen LogP contribution in [0.1, 0.15) is 23.7 Å². The molecule has 0 amide bonds. The van der Waals surface area contributed by atoms with Crippen LogP contribution in [-0.4, -0.2) is 29.4 Å². The van der Waals surface area contributed by atoms with Gasteiger partial charge in [0.2, 0.25) is 0 Å². The second-order valence-corrected chi connectivity index (χ2v) is 3.64. The molecule has 0 saturated carbocycles. The van der Waals surface area contributed by atoms with Crippen molar-refractivity contribution in [2.75, 3.05) is 7.11 Å². The molecule has 0 aliphatic rings. The van der Waals surface area contributed by atoms with Crippen LogP contribution < -0.4 is 0 Å². The van der Waals surface area contributed by atoms with Crippen molar-refractivity contribution in [3.05, 3.63) is 35.1 Å². The van der Waals surface area contributed by atoms with Gasteiger partial charge in [-0.15, -0.1) is 0 Å². The average Bonchev–Trinajstić information content (AvgIpc) is 2.37. The van der Waals surface area contributed by atoms with Gasteiger partial charge in [0, 0.05) is 5.56 Å². The highest BCUT2D eigenvalue weighted by Crippen LogP contribution is 2.23. The number of benzene rings is 1. The topological polar surface area (TPSA) is 90.6 Å². The van der Waals surface area contributed by atoms with Gasteiger partial charge in [0.1, 0.15) is 11.9 Å². The molecule has 0 bridgehead atoms. The highest BCUT2D eigenvalue weighted by atomic mass is 19.1. The molecule has 2 N–H and O–H groups in total. The van der Waals surface area contributed by atoms with Crippen molar-refractivity contribution in [3.8, 4) is 6.07 Å². The molecule has 0 heterocycles. The third-order valence-electron chi connectivity index (χ3n) is 2.42. The highest BCUT2D eigenvalue weighted by Gasteiger charge is 2.24. The SMILES string of the molecule is COC(=O)CC(O)C(O)c1ccc(F)cc1C#N. The molecule has 0 aromatic heterocycles. The first kappa shape index (κ1) is 14.1. The first-order valence-corrected chi connectivity index (χ1v) is 5.12. The summed E-state index contributed by atoms with van der Waals surface area (Å²) < 4.78 is 17.2. The standard InChI is InChI=1S/C12H12FNO4/c1-18-11(16)5-10(15)12(17)9-3-2-8(13)4-7(9)6-14/h2-4,10,12,15,17H,5H2,1H3. The van der Waals surface area contributed by atoms with E-state index in [9.17, 15) is 19.4 Å². The number of methoxy groups -OCH3 is 1. The van der Waals surface area contributed by atoms with Crippen molar-refractivity contribution in [2.24, 2.45) is 0 Å². The van der Waals surface area contributed by atoms with E-state index in [1.165, 1.54) is 6.07 Å². The van der Waals surface area contributed by atoms with E-state index in [-0.39, 0.29) is 11.1 Å². The van der Waals surface area contributed by atoms with E-state index < -0.39 is 30.4 Å². The molecule has 1 aromatic rings. The number of carbonyl (C=O) groups is 1. The van der Waals surface area contributed by atoms with Crippen molar-refractivity contribution >= 4 is 5.97 Å². The van der Waals surface area contributed by atoms with Gasteiger partial charge in [0.25, 0.3) is 0 Å². The predicted molar refractivity (Wildman–Crippen MR) is 58.7 cm³/mol. The molecule has 0 aliphatic carbocycles. The summed E-state index contributed by atoms with van der Waals surface area (Å²) in [6.07, 6.45) is -3.30. The van der Waals surface area contributed by atoms with Crippen molar-refractivity contribution in [3.63, 3.8) is 0 Å². The molecule has 6 heteroatoms. The number of hydrogen-bond acceptors (Lipinski definition) is 5. The summed E-state index contributed by atoms with van der Waals surface area (Å²) in [7, 11) is 1.15. The van der Waals surface area contributed by atoms with E-state index in [1.54, 1.807) is 6.07 Å². The minimum atomic E-state index is -1.46. The Morgan fingerprint density at radius 2 is 2.22 bits per heavy atom. The van der Waals surface area contributed by atoms with E-state index in [4.69, 9.17) is 5.26 Å². The summed E-state index contributed by atoms with van der Waals surface area (Å²) in [6.45, 7) is 0. The third-order valence-corrected chi connectivity index (χ3v) is 2.42. The molecule has 96 valence electrons. The number of hydrogen-bond donors (Lipinski definition) is 2. The number of ether oxygens (including phenoxy) is 1. The van der Waals surface area contributed by atoms with E-state index >= 15 is 0 Å². The molecular weight excluding hydrogens is 241 g/mol. The summed E-state index contributed by atoms with van der Waals surface area (Å²) in [5.41, 5.74) is -0.0262. The third kappa shape index (κ3) is 3.26. The van der Waals surface area contributed by atoms with Gasteiger partial charge in [-0.05, 0) is 12.1 Å². The quantitative estimate of drug-likeness (QED) is 0.769. The number of esters is 1. The van der Waals surface area contributed by atoms with Gasteiger partial charge in [-0.25, -0.2) is 4.39 Å². The van der Waals surface area contributed by atoms with Crippen LogP contribution in [0.2, 0.25) is 0 Å². The lowest BCUT2D eigenvalue weighted by Gasteiger charge is -2.18. The van der Waals surface area contributed by atoms with Crippen LogP contribution in [0.5, 0.6) is 0 Å². The van der Waals surface area contributed by atoms with E-state index in [0.29, 0.717) is 0 Å². The zero-order chi connectivity index (χ0) is 13.7. The Bertz CT molecular complexity index is 483. The fraction of sp³-hybridized carbons (Fsp3) is 0.333. The minimum absolute atomic E-state index is 0.0651. The minimum Gasteiger partial charge on any atom is -0.469 e. The van der Waals surface area contributed by atoms with Gasteiger partial charge in [-0.1, -0.05) is 6.07 Å². The number of aliphatic hydroxyl groups excluding tert-OH is 2. The summed E-state index contributed by atoms with van der Waals surface area (Å²) in [5, 5.41) is 28.2. The van der Waals surface area contributed by atoms with Crippen molar-refractivity contribution in [1.82, 2.24) is 0 Å². The largest absolute Gasteiger partial charge is 0.469 e. The lowest BCUT2D eigenvalue weighted by Crippen LogP contribution is -2.23. The second kappa shape index (κ2) is 6.10. The Morgan fingerprint density at radius 1 is 1.56 bits per heavy atom. The molecule has 0 spiro atoms. The first-order valence-electron chi connectivity index (χ1n) is 5.12. The molecule has 0 aliphatic heterocycles. The molecule has 2 unspecified atom stereocenters. The zero-order valence-corrected chi connectivity index (χ0v) is 9.63. The molecule has 2 atom stereocenters. The fourth-order valence-electron chi connectivity index (χ4n) is 1.46. The average molecular weight is 253 g/mol. The summed E-state index contributed by atoms with van der Waals surface area (Å²) in [6, 6.07) is 4.91. The van der Waals surface area contributed by atoms with Gasteiger partial charge >= 0.3 is 5.97 Å². The highest BCUT2D eigenvalue weighted by molar-refractivity contribution is 5.69. The molecule has 0 saturated heterocycles. The van der Waals surface area contributed by atoms with Crippen LogP contribution in [0, 0.1) is 17.1 Å². The van der Waals surface area contributed by atoms with E-state index in [2.05, 4.69) is 4.74 Å². The molecule has 1 aromatic carbocycles. The van der Waals surface area contributed by atoms with Crippen molar-refractivity contribution in [1.29, 1.82) is 5.26 Å². The number of carbonyl (C=O) groups excluding carboxylic acids is 1. The lowest BCUT2D eigenvalue weighted by molar-refractivity contribution is -0.144. The van der Waals surface area contributed by atoms with Crippen molar-refractivity contribution in [2.45, 2.75) is 18.6 Å². The maximum Gasteiger partial charge on any atom is 0.308 e. The summed E-state index contributed by atoms with van der Waals surface area (Å²) in [5.74, 6) is -1.31. The maximum atomic E-state index is 12.9. The smallest absolute Gasteiger partial charge is 0.308 e. The maximum absolute atomic E-state index is 12.9. The lowest BCUT2D eigenvalue weighted by atomic mass is 9.97. The first-order chi connectivity index (χ1) is 8.49. The monoisotopic (exact) mass is 253 g/mol. The molecule has 1 rings (SSSR count). The Hall–Kier alpha value is -1.97. The van der Waals surface area contributed by atoms with Gasteiger partial charge in [0.05, 0.1) is 31.3 Å². The Balaban J connectivity index is 2.93. The number of rotatable bonds is 4. The Labute approximate surface area is 103 Å². The van der Waals surface area contributed by atoms with Crippen LogP contribution >= 0.6 is 0 Å². The molecule has 0 fully saturated rings. The number of halogens is 1. The van der Waals surface area contributed by atoms with Gasteiger partial charge in [0.15, 0.2) is 0 Å². The van der Waals surface area contributed by atoms with Crippen LogP contribution in [0.3, 0.4) is 0 Å². The summed E-state index contributed by atoms with van der Waals surface area (Å²) >= 11 is 0. The van der Waals surface area contributed by atoms with Crippen LogP contribution in [-0.2, 0) is 9.53 Å². The summed E-state index contributed by atoms with van der Waals surface area (Å²) in [4.78, 5) is 10.9. The number of nitrogens with zero attached hydrogens (tertiary/aromatic N) is 1. The fourth-order valence-corrected chi connectivity index (χ4v) is 1.46. The van der Waals surface area contributed by atoms with Crippen LogP contribution in [0.25, 0.3) is 0 Å². The van der Waals surface area contributed by atoms with Crippen molar-refractivity contribution < 1.29 is 24.1 Å². The Kier molecular flexibility index (Phi) is 4.77. The molecule has 18 heavy (non-hydrogen) atoms. The van der Waals surface area contributed by atoms with Gasteiger partial charge < -0.3 is 14.9 Å². The number of nitriles is 1. The predicted octanol–water partition coefficient (Wildman–Crippen LogP) is 0.655. The van der Waals surface area contributed by atoms with E-state index in [0.717, 1.165) is 19.2 Å². The zero-order valence-electron chi connectivity index (χ0n) is 9.63. The van der Waals surface area contributed by atoms with Crippen LogP contribution in [0.4, 0.5) is 4.39 Å².